The number of pyridine rings is 1. The third-order valence-electron chi connectivity index (χ3n) is 5.71. The normalized spacial score (nSPS) is 22.1. The van der Waals surface area contributed by atoms with Crippen molar-refractivity contribution >= 4 is 15.8 Å². The summed E-state index contributed by atoms with van der Waals surface area (Å²) < 4.78 is 31.2. The SMILES string of the molecule is Cn1c(N)c(S(=O)(=O)N2C[C@@H]3C[C@@H](C2)c2cccc(=O)n2C3)c(=O)n(C)c1=O. The lowest BCUT2D eigenvalue weighted by molar-refractivity contribution is 0.186. The molecule has 10 nitrogen and oxygen atoms in total. The molecule has 0 amide bonds. The van der Waals surface area contributed by atoms with Crippen LogP contribution in [0.1, 0.15) is 18.0 Å². The van der Waals surface area contributed by atoms with Gasteiger partial charge in [0.1, 0.15) is 5.82 Å². The molecular weight excluding hydrogens is 386 g/mol. The first kappa shape index (κ1) is 18.7. The number of piperidine rings is 1. The maximum absolute atomic E-state index is 13.3. The molecule has 0 unspecified atom stereocenters. The first-order valence-electron chi connectivity index (χ1n) is 8.88. The quantitative estimate of drug-likeness (QED) is 0.654. The predicted molar refractivity (Wildman–Crippen MR) is 102 cm³/mol. The standard InChI is InChI=1S/C17H21N5O5S/c1-19-15(18)14(16(24)20(2)17(19)25)28(26,27)21-7-10-6-11(9-21)12-4-3-5-13(23)22(12)8-10/h3-5,10-11H,6-9,18H2,1-2H3/t10-,11-/m0/s1. The summed E-state index contributed by atoms with van der Waals surface area (Å²) in [5, 5.41) is 0. The van der Waals surface area contributed by atoms with E-state index in [0.29, 0.717) is 6.54 Å². The molecule has 0 radical (unpaired) electrons. The second-order valence-electron chi connectivity index (χ2n) is 7.44. The van der Waals surface area contributed by atoms with Crippen LogP contribution in [-0.2, 0) is 30.7 Å². The van der Waals surface area contributed by atoms with Gasteiger partial charge in [-0.2, -0.15) is 4.31 Å². The van der Waals surface area contributed by atoms with Gasteiger partial charge in [0.25, 0.3) is 21.1 Å². The molecule has 28 heavy (non-hydrogen) atoms. The molecule has 2 aromatic heterocycles. The van der Waals surface area contributed by atoms with Crippen molar-refractivity contribution in [3.8, 4) is 0 Å². The van der Waals surface area contributed by atoms with Crippen molar-refractivity contribution in [2.75, 3.05) is 18.8 Å². The molecule has 1 fully saturated rings. The van der Waals surface area contributed by atoms with E-state index in [1.54, 1.807) is 10.6 Å². The lowest BCUT2D eigenvalue weighted by Gasteiger charge is -2.42. The number of fused-ring (bicyclic) bond motifs is 4. The minimum atomic E-state index is -4.21. The highest BCUT2D eigenvalue weighted by Gasteiger charge is 2.41. The molecular formula is C17H21N5O5S. The van der Waals surface area contributed by atoms with Gasteiger partial charge in [0.05, 0.1) is 0 Å². The van der Waals surface area contributed by atoms with Crippen LogP contribution < -0.4 is 22.5 Å². The van der Waals surface area contributed by atoms with Gasteiger partial charge in [-0.3, -0.25) is 18.7 Å². The van der Waals surface area contributed by atoms with Gasteiger partial charge in [0, 0.05) is 51.4 Å². The fraction of sp³-hybridized carbons (Fsp3) is 0.471. The van der Waals surface area contributed by atoms with Gasteiger partial charge in [-0.15, -0.1) is 0 Å². The lowest BCUT2D eigenvalue weighted by Crippen LogP contribution is -2.51. The predicted octanol–water partition coefficient (Wildman–Crippen LogP) is -1.36. The lowest BCUT2D eigenvalue weighted by atomic mass is 9.84. The van der Waals surface area contributed by atoms with Crippen LogP contribution in [0.5, 0.6) is 0 Å². The van der Waals surface area contributed by atoms with E-state index in [2.05, 4.69) is 0 Å². The van der Waals surface area contributed by atoms with Gasteiger partial charge in [0.2, 0.25) is 0 Å². The monoisotopic (exact) mass is 407 g/mol. The van der Waals surface area contributed by atoms with E-state index >= 15 is 0 Å². The average molecular weight is 407 g/mol. The summed E-state index contributed by atoms with van der Waals surface area (Å²) in [7, 11) is -1.67. The number of anilines is 1. The van der Waals surface area contributed by atoms with Crippen LogP contribution in [0.4, 0.5) is 5.82 Å². The molecule has 2 aliphatic heterocycles. The Balaban J connectivity index is 1.81. The third kappa shape index (κ3) is 2.57. The molecule has 2 bridgehead atoms. The number of sulfonamides is 1. The second-order valence-corrected chi connectivity index (χ2v) is 9.32. The zero-order valence-electron chi connectivity index (χ0n) is 15.5. The van der Waals surface area contributed by atoms with Crippen molar-refractivity contribution in [3.05, 3.63) is 55.1 Å². The highest BCUT2D eigenvalue weighted by molar-refractivity contribution is 7.89. The number of nitrogens with zero attached hydrogens (tertiary/aromatic N) is 4. The maximum Gasteiger partial charge on any atom is 0.332 e. The van der Waals surface area contributed by atoms with Gasteiger partial charge in [0.15, 0.2) is 4.90 Å². The summed E-state index contributed by atoms with van der Waals surface area (Å²) in [6.07, 6.45) is 0.774. The Labute approximate surface area is 160 Å². The zero-order chi connectivity index (χ0) is 20.4. The molecule has 0 aromatic carbocycles. The summed E-state index contributed by atoms with van der Waals surface area (Å²) in [6, 6.07) is 4.99. The van der Waals surface area contributed by atoms with Crippen molar-refractivity contribution in [3.63, 3.8) is 0 Å². The number of aromatic nitrogens is 3. The Morgan fingerprint density at radius 2 is 1.75 bits per heavy atom. The van der Waals surface area contributed by atoms with Crippen LogP contribution in [0.2, 0.25) is 0 Å². The molecule has 1 saturated heterocycles. The topological polar surface area (TPSA) is 129 Å². The molecule has 4 heterocycles. The first-order valence-corrected chi connectivity index (χ1v) is 10.3. The Hall–Kier alpha value is -2.66. The number of nitrogen functional groups attached to an aromatic ring is 1. The van der Waals surface area contributed by atoms with Crippen LogP contribution in [0.3, 0.4) is 0 Å². The Kier molecular flexibility index (Phi) is 4.12. The van der Waals surface area contributed by atoms with Crippen LogP contribution in [-0.4, -0.2) is 39.5 Å². The van der Waals surface area contributed by atoms with E-state index in [4.69, 9.17) is 5.73 Å². The highest BCUT2D eigenvalue weighted by Crippen LogP contribution is 2.37. The van der Waals surface area contributed by atoms with Gasteiger partial charge in [-0.25, -0.2) is 13.2 Å². The van der Waals surface area contributed by atoms with Crippen molar-refractivity contribution in [2.45, 2.75) is 23.8 Å². The van der Waals surface area contributed by atoms with Crippen LogP contribution >= 0.6 is 0 Å². The minimum absolute atomic E-state index is 0.0428. The summed E-state index contributed by atoms with van der Waals surface area (Å²) in [4.78, 5) is 36.1. The average Bonchev–Trinajstić information content (AvgIpc) is 2.65. The van der Waals surface area contributed by atoms with E-state index in [9.17, 15) is 22.8 Å². The molecule has 2 aliphatic rings. The molecule has 0 aliphatic carbocycles. The highest BCUT2D eigenvalue weighted by atomic mass is 32.2. The van der Waals surface area contributed by atoms with Crippen molar-refractivity contribution in [2.24, 2.45) is 20.0 Å². The Bertz CT molecular complexity index is 1260. The first-order chi connectivity index (χ1) is 13.1. The summed E-state index contributed by atoms with van der Waals surface area (Å²) >= 11 is 0. The van der Waals surface area contributed by atoms with Crippen LogP contribution in [0.15, 0.2) is 37.5 Å². The van der Waals surface area contributed by atoms with Crippen LogP contribution in [0, 0.1) is 5.92 Å². The molecule has 0 saturated carbocycles. The van der Waals surface area contributed by atoms with Gasteiger partial charge in [-0.05, 0) is 18.4 Å². The minimum Gasteiger partial charge on any atom is -0.384 e. The van der Waals surface area contributed by atoms with Crippen LogP contribution in [0.25, 0.3) is 0 Å². The Morgan fingerprint density at radius 1 is 1.04 bits per heavy atom. The van der Waals surface area contributed by atoms with E-state index in [-0.39, 0.29) is 36.3 Å². The van der Waals surface area contributed by atoms with Gasteiger partial charge in [-0.1, -0.05) is 6.07 Å². The molecule has 0 spiro atoms. The summed E-state index contributed by atoms with van der Waals surface area (Å²) in [6.45, 7) is 0.761. The molecule has 11 heteroatoms. The van der Waals surface area contributed by atoms with E-state index < -0.39 is 26.2 Å². The summed E-state index contributed by atoms with van der Waals surface area (Å²) in [5.74, 6) is -0.562. The maximum atomic E-state index is 13.3. The van der Waals surface area contributed by atoms with Crippen molar-refractivity contribution in [1.29, 1.82) is 0 Å². The second kappa shape index (κ2) is 6.17. The Morgan fingerprint density at radius 3 is 2.46 bits per heavy atom. The zero-order valence-corrected chi connectivity index (χ0v) is 16.3. The number of hydrogen-bond acceptors (Lipinski definition) is 6. The van der Waals surface area contributed by atoms with E-state index in [0.717, 1.165) is 21.2 Å². The molecule has 2 aromatic rings. The van der Waals surface area contributed by atoms with Crippen molar-refractivity contribution in [1.82, 2.24) is 18.0 Å². The van der Waals surface area contributed by atoms with E-state index in [1.165, 1.54) is 24.5 Å². The van der Waals surface area contributed by atoms with Gasteiger partial charge < -0.3 is 10.3 Å². The smallest absolute Gasteiger partial charge is 0.332 e. The molecule has 2 N–H and O–H groups in total. The van der Waals surface area contributed by atoms with E-state index in [1.807, 2.05) is 6.07 Å². The summed E-state index contributed by atoms with van der Waals surface area (Å²) in [5.41, 5.74) is 4.93. The van der Waals surface area contributed by atoms with Gasteiger partial charge >= 0.3 is 5.69 Å². The molecule has 4 rings (SSSR count). The number of nitrogens with two attached hydrogens (primary N) is 1. The number of rotatable bonds is 2. The molecule has 2 atom stereocenters. The molecule has 150 valence electrons. The fourth-order valence-electron chi connectivity index (χ4n) is 4.25. The fourth-order valence-corrected chi connectivity index (χ4v) is 6.05. The van der Waals surface area contributed by atoms with Crippen molar-refractivity contribution < 1.29 is 8.42 Å². The number of hydrogen-bond donors (Lipinski definition) is 1. The largest absolute Gasteiger partial charge is 0.384 e. The third-order valence-corrected chi connectivity index (χ3v) is 7.59.